The van der Waals surface area contributed by atoms with Crippen LogP contribution in [0.5, 0.6) is 0 Å². The van der Waals surface area contributed by atoms with Crippen molar-refractivity contribution in [3.05, 3.63) is 29.1 Å². The lowest BCUT2D eigenvalue weighted by atomic mass is 9.70. The van der Waals surface area contributed by atoms with Crippen molar-refractivity contribution in [1.29, 1.82) is 5.26 Å². The average Bonchev–Trinajstić information content (AvgIpc) is 2.64. The maximum Gasteiger partial charge on any atom is 0.0657 e. The highest BCUT2D eigenvalue weighted by Crippen LogP contribution is 2.45. The Labute approximate surface area is 108 Å². The summed E-state index contributed by atoms with van der Waals surface area (Å²) in [6.45, 7) is 2.22. The van der Waals surface area contributed by atoms with Crippen LogP contribution in [0.25, 0.3) is 10.9 Å². The van der Waals surface area contributed by atoms with Crippen molar-refractivity contribution in [2.75, 3.05) is 0 Å². The van der Waals surface area contributed by atoms with Gasteiger partial charge in [0.15, 0.2) is 0 Å². The Morgan fingerprint density at radius 2 is 2.35 bits per heavy atom. The van der Waals surface area contributed by atoms with Gasteiger partial charge in [0.25, 0.3) is 0 Å². The van der Waals surface area contributed by atoms with Crippen molar-refractivity contribution in [2.24, 2.45) is 5.92 Å². The molecule has 1 fully saturated rings. The van der Waals surface area contributed by atoms with E-state index in [0.29, 0.717) is 0 Å². The zero-order valence-corrected chi connectivity index (χ0v) is 11.1. The van der Waals surface area contributed by atoms with Crippen LogP contribution in [0.3, 0.4) is 0 Å². The molecule has 0 unspecified atom stereocenters. The van der Waals surface area contributed by atoms with Crippen LogP contribution in [-0.4, -0.2) is 9.55 Å². The van der Waals surface area contributed by atoms with Crippen LogP contribution in [-0.2, 0) is 5.54 Å². The van der Waals surface area contributed by atoms with E-state index < -0.39 is 0 Å². The molecule has 1 saturated carbocycles. The van der Waals surface area contributed by atoms with Gasteiger partial charge in [-0.05, 0) is 41.8 Å². The summed E-state index contributed by atoms with van der Waals surface area (Å²) in [6.07, 6.45) is 7.67. The molecule has 0 amide bonds. The molecule has 17 heavy (non-hydrogen) atoms. The molecule has 2 aromatic rings. The third-order valence-electron chi connectivity index (χ3n) is 3.69. The van der Waals surface area contributed by atoms with E-state index in [2.05, 4.69) is 44.7 Å². The van der Waals surface area contributed by atoms with E-state index in [0.717, 1.165) is 22.7 Å². The predicted molar refractivity (Wildman–Crippen MR) is 69.4 cm³/mol. The van der Waals surface area contributed by atoms with E-state index in [1.165, 1.54) is 5.52 Å². The van der Waals surface area contributed by atoms with Crippen LogP contribution >= 0.6 is 15.9 Å². The quantitative estimate of drug-likeness (QED) is 0.807. The minimum Gasteiger partial charge on any atom is -0.340 e. The molecular weight excluding hydrogens is 278 g/mol. The van der Waals surface area contributed by atoms with Crippen molar-refractivity contribution in [3.63, 3.8) is 0 Å². The van der Waals surface area contributed by atoms with Gasteiger partial charge in [-0.3, -0.25) is 4.98 Å². The molecule has 2 aromatic heterocycles. The Morgan fingerprint density at radius 3 is 3.06 bits per heavy atom. The molecule has 0 spiro atoms. The fourth-order valence-electron chi connectivity index (χ4n) is 2.77. The maximum atomic E-state index is 8.91. The minimum atomic E-state index is 0.0754. The summed E-state index contributed by atoms with van der Waals surface area (Å²) in [6, 6.07) is 4.38. The molecule has 0 atom stereocenters. The second-order valence-corrected chi connectivity index (χ2v) is 5.83. The highest BCUT2D eigenvalue weighted by Gasteiger charge is 2.42. The number of nitriles is 1. The fraction of sp³-hybridized carbons (Fsp3) is 0.385. The molecule has 3 rings (SSSR count). The molecule has 1 aliphatic rings. The lowest BCUT2D eigenvalue weighted by molar-refractivity contribution is 0.126. The number of halogens is 1. The SMILES string of the molecule is CC1(n2cc(Br)c3cnccc32)CC(C#N)C1. The molecule has 1 aliphatic carbocycles. The van der Waals surface area contributed by atoms with Gasteiger partial charge in [0.2, 0.25) is 0 Å². The lowest BCUT2D eigenvalue weighted by Gasteiger charge is -2.44. The Morgan fingerprint density at radius 1 is 1.59 bits per heavy atom. The Hall–Kier alpha value is -1.34. The summed E-state index contributed by atoms with van der Waals surface area (Å²) in [7, 11) is 0. The summed E-state index contributed by atoms with van der Waals surface area (Å²) in [4.78, 5) is 4.15. The van der Waals surface area contributed by atoms with Crippen molar-refractivity contribution < 1.29 is 0 Å². The van der Waals surface area contributed by atoms with Crippen molar-refractivity contribution in [1.82, 2.24) is 9.55 Å². The number of nitrogens with zero attached hydrogens (tertiary/aromatic N) is 3. The zero-order valence-electron chi connectivity index (χ0n) is 9.52. The molecule has 0 N–H and O–H groups in total. The molecule has 0 saturated heterocycles. The highest BCUT2D eigenvalue weighted by atomic mass is 79.9. The average molecular weight is 290 g/mol. The third-order valence-corrected chi connectivity index (χ3v) is 4.33. The second kappa shape index (κ2) is 3.58. The van der Waals surface area contributed by atoms with Crippen molar-refractivity contribution in [3.8, 4) is 6.07 Å². The van der Waals surface area contributed by atoms with E-state index in [-0.39, 0.29) is 11.5 Å². The lowest BCUT2D eigenvalue weighted by Crippen LogP contribution is -2.42. The van der Waals surface area contributed by atoms with Crippen LogP contribution in [0.15, 0.2) is 29.1 Å². The number of fused-ring (bicyclic) bond motifs is 1. The van der Waals surface area contributed by atoms with Crippen molar-refractivity contribution >= 4 is 26.8 Å². The Balaban J connectivity index is 2.11. The van der Waals surface area contributed by atoms with Gasteiger partial charge in [0.1, 0.15) is 0 Å². The molecule has 0 bridgehead atoms. The van der Waals surface area contributed by atoms with Gasteiger partial charge in [-0.2, -0.15) is 5.26 Å². The van der Waals surface area contributed by atoms with Crippen molar-refractivity contribution in [2.45, 2.75) is 25.3 Å². The van der Waals surface area contributed by atoms with Gasteiger partial charge in [0, 0.05) is 34.0 Å². The van der Waals surface area contributed by atoms with Gasteiger partial charge >= 0.3 is 0 Å². The van der Waals surface area contributed by atoms with Crippen LogP contribution in [0.1, 0.15) is 19.8 Å². The van der Waals surface area contributed by atoms with E-state index in [1.807, 2.05) is 18.5 Å². The van der Waals surface area contributed by atoms with Crippen LogP contribution < -0.4 is 0 Å². The van der Waals surface area contributed by atoms with Gasteiger partial charge in [0.05, 0.1) is 17.5 Å². The monoisotopic (exact) mass is 289 g/mol. The predicted octanol–water partition coefficient (Wildman–Crippen LogP) is 3.45. The molecule has 3 nitrogen and oxygen atoms in total. The zero-order chi connectivity index (χ0) is 12.0. The molecule has 0 aromatic carbocycles. The van der Waals surface area contributed by atoms with E-state index in [4.69, 9.17) is 5.26 Å². The van der Waals surface area contributed by atoms with Crippen LogP contribution in [0, 0.1) is 17.2 Å². The van der Waals surface area contributed by atoms with E-state index in [9.17, 15) is 0 Å². The number of pyridine rings is 1. The van der Waals surface area contributed by atoms with Gasteiger partial charge in [-0.1, -0.05) is 0 Å². The first-order chi connectivity index (χ1) is 8.14. The maximum absolute atomic E-state index is 8.91. The highest BCUT2D eigenvalue weighted by molar-refractivity contribution is 9.10. The first-order valence-corrected chi connectivity index (χ1v) is 6.44. The van der Waals surface area contributed by atoms with Gasteiger partial charge < -0.3 is 4.57 Å². The van der Waals surface area contributed by atoms with E-state index >= 15 is 0 Å². The summed E-state index contributed by atoms with van der Waals surface area (Å²) < 4.78 is 3.35. The molecular formula is C13H12BrN3. The summed E-state index contributed by atoms with van der Waals surface area (Å²) in [5, 5.41) is 10.0. The van der Waals surface area contributed by atoms with Crippen LogP contribution in [0.2, 0.25) is 0 Å². The first-order valence-electron chi connectivity index (χ1n) is 5.65. The molecule has 0 radical (unpaired) electrons. The second-order valence-electron chi connectivity index (χ2n) is 4.97. The van der Waals surface area contributed by atoms with Gasteiger partial charge in [-0.15, -0.1) is 0 Å². The molecule has 0 aliphatic heterocycles. The third kappa shape index (κ3) is 1.49. The molecule has 4 heteroatoms. The molecule has 2 heterocycles. The summed E-state index contributed by atoms with van der Waals surface area (Å²) in [5.74, 6) is 0.207. The summed E-state index contributed by atoms with van der Waals surface area (Å²) in [5.41, 5.74) is 1.26. The Kier molecular flexibility index (Phi) is 2.27. The Bertz CT molecular complexity index is 617. The standard InChI is InChI=1S/C13H12BrN3/c1-13(4-9(5-13)6-15)17-8-11(14)10-7-16-3-2-12(10)17/h2-3,7-9H,4-5H2,1H3. The first kappa shape index (κ1) is 10.8. The molecule has 86 valence electrons. The largest absolute Gasteiger partial charge is 0.340 e. The smallest absolute Gasteiger partial charge is 0.0657 e. The normalized spacial score (nSPS) is 27.7. The van der Waals surface area contributed by atoms with Gasteiger partial charge in [-0.25, -0.2) is 0 Å². The van der Waals surface area contributed by atoms with E-state index in [1.54, 1.807) is 0 Å². The fourth-order valence-corrected chi connectivity index (χ4v) is 3.28. The topological polar surface area (TPSA) is 41.6 Å². The minimum absolute atomic E-state index is 0.0754. The number of hydrogen-bond acceptors (Lipinski definition) is 2. The number of hydrogen-bond donors (Lipinski definition) is 0. The number of aromatic nitrogens is 2. The van der Waals surface area contributed by atoms with Crippen LogP contribution in [0.4, 0.5) is 0 Å². The number of rotatable bonds is 1. The summed E-state index contributed by atoms with van der Waals surface area (Å²) >= 11 is 3.57.